The first-order chi connectivity index (χ1) is 22.2. The van der Waals surface area contributed by atoms with Gasteiger partial charge in [-0.2, -0.15) is 15.2 Å². The molecule has 3 saturated heterocycles. The number of thiophene rings is 1. The van der Waals surface area contributed by atoms with E-state index in [0.29, 0.717) is 42.9 Å². The van der Waals surface area contributed by atoms with Gasteiger partial charge >= 0.3 is 6.01 Å². The van der Waals surface area contributed by atoms with Crippen molar-refractivity contribution in [1.29, 1.82) is 5.26 Å². The maximum Gasteiger partial charge on any atom is 0.318 e. The third kappa shape index (κ3) is 6.43. The van der Waals surface area contributed by atoms with Crippen molar-refractivity contribution in [2.45, 2.75) is 64.7 Å². The van der Waals surface area contributed by atoms with Crippen LogP contribution in [-0.2, 0) is 0 Å². The van der Waals surface area contributed by atoms with Crippen LogP contribution in [0.1, 0.15) is 52.0 Å². The minimum absolute atomic E-state index is 0.00822. The number of nitrogen functional groups attached to an aromatic ring is 1. The van der Waals surface area contributed by atoms with E-state index in [0.717, 1.165) is 37.3 Å². The number of nitrogens with one attached hydrogen (secondary N) is 1. The van der Waals surface area contributed by atoms with Crippen LogP contribution in [0.2, 0.25) is 5.02 Å². The number of aromatic nitrogens is 2. The zero-order valence-electron chi connectivity index (χ0n) is 26.5. The molecule has 7 rings (SSSR count). The lowest BCUT2D eigenvalue weighted by molar-refractivity contribution is 0.292. The minimum Gasteiger partial charge on any atom is -0.467 e. The number of halogens is 4. The summed E-state index contributed by atoms with van der Waals surface area (Å²) in [5, 5.41) is 13.9. The molecule has 246 valence electrons. The highest BCUT2D eigenvalue weighted by atomic mass is 35.5. The second-order valence-corrected chi connectivity index (χ2v) is 12.8. The third-order valence-electron chi connectivity index (χ3n) is 8.73. The van der Waals surface area contributed by atoms with Gasteiger partial charge in [-0.3, -0.25) is 4.90 Å². The molecule has 3 fully saturated rings. The molecule has 13 heteroatoms. The Balaban J connectivity index is 0.000000320. The summed E-state index contributed by atoms with van der Waals surface area (Å²) in [4.78, 5) is 13.1. The predicted octanol–water partition coefficient (Wildman–Crippen LogP) is 7.31. The summed E-state index contributed by atoms with van der Waals surface area (Å²) in [5.41, 5.74) is 6.34. The molecular formula is C33H39ClF3N7OS. The number of nitriles is 1. The van der Waals surface area contributed by atoms with Crippen LogP contribution in [0.4, 0.5) is 24.0 Å². The van der Waals surface area contributed by atoms with Gasteiger partial charge in [-0.05, 0) is 63.4 Å². The molecule has 0 bridgehead atoms. The van der Waals surface area contributed by atoms with Gasteiger partial charge in [-0.1, -0.05) is 31.5 Å². The average molecular weight is 674 g/mol. The van der Waals surface area contributed by atoms with Crippen LogP contribution in [0.25, 0.3) is 32.1 Å². The maximum absolute atomic E-state index is 16.2. The van der Waals surface area contributed by atoms with Gasteiger partial charge in [0, 0.05) is 48.1 Å². The summed E-state index contributed by atoms with van der Waals surface area (Å²) >= 11 is 7.60. The predicted molar refractivity (Wildman–Crippen MR) is 181 cm³/mol. The van der Waals surface area contributed by atoms with Crippen molar-refractivity contribution < 1.29 is 17.9 Å². The van der Waals surface area contributed by atoms with Gasteiger partial charge in [0.2, 0.25) is 0 Å². The van der Waals surface area contributed by atoms with E-state index in [1.165, 1.54) is 32.1 Å². The fourth-order valence-corrected chi connectivity index (χ4v) is 7.65. The van der Waals surface area contributed by atoms with Crippen LogP contribution in [0.3, 0.4) is 0 Å². The smallest absolute Gasteiger partial charge is 0.318 e. The highest BCUT2D eigenvalue weighted by Gasteiger charge is 2.34. The van der Waals surface area contributed by atoms with E-state index >= 15 is 4.39 Å². The Hall–Kier alpha value is -3.37. The molecule has 0 saturated carbocycles. The van der Waals surface area contributed by atoms with Crippen molar-refractivity contribution in [2.24, 2.45) is 0 Å². The number of benzene rings is 2. The molecule has 3 atom stereocenters. The molecular weight excluding hydrogens is 635 g/mol. The van der Waals surface area contributed by atoms with E-state index in [4.69, 9.17) is 22.1 Å². The maximum atomic E-state index is 16.2. The zero-order valence-corrected chi connectivity index (χ0v) is 28.0. The van der Waals surface area contributed by atoms with Crippen molar-refractivity contribution in [1.82, 2.24) is 20.2 Å². The molecule has 0 amide bonds. The van der Waals surface area contributed by atoms with E-state index < -0.39 is 17.8 Å². The van der Waals surface area contributed by atoms with Crippen LogP contribution in [-0.4, -0.2) is 73.0 Å². The molecule has 3 unspecified atom stereocenters. The molecule has 3 aliphatic heterocycles. The first-order valence-electron chi connectivity index (χ1n) is 15.7. The lowest BCUT2D eigenvalue weighted by Crippen LogP contribution is -2.50. The highest BCUT2D eigenvalue weighted by molar-refractivity contribution is 7.23. The summed E-state index contributed by atoms with van der Waals surface area (Å²) in [7, 11) is 1.42. The summed E-state index contributed by atoms with van der Waals surface area (Å²) in [6, 6.07) is 7.17. The second kappa shape index (κ2) is 14.6. The number of anilines is 2. The number of hydrogen-bond donors (Lipinski definition) is 2. The molecule has 0 radical (unpaired) electrons. The van der Waals surface area contributed by atoms with Crippen molar-refractivity contribution in [3.05, 3.63) is 40.4 Å². The Morgan fingerprint density at radius 1 is 1.26 bits per heavy atom. The summed E-state index contributed by atoms with van der Waals surface area (Å²) in [6.07, 6.45) is 3.86. The average Bonchev–Trinajstić information content (AvgIpc) is 3.72. The topological polar surface area (TPSA) is 103 Å². The third-order valence-corrected chi connectivity index (χ3v) is 10.1. The standard InChI is InChI=1S/C24H21ClF2N6OS.C7H12FN.C2H6/c1-3-33(10-11-6-7-30-11)23-13-8-15(25)18(19(27)20(13)31-24(32-23)34-2)12-4-5-16(26)21-17(12)14(9-28)22(29)35-21;8-6-4-7-2-1-3-9(7)5-6;1-2/h4-5,8,11,30H,3,6-7,10,29H2,1-2H3;6-7H,1-5H2;1-2H3. The van der Waals surface area contributed by atoms with Crippen LogP contribution in [0.15, 0.2) is 18.2 Å². The molecule has 4 aromatic rings. The fourth-order valence-electron chi connectivity index (χ4n) is 6.41. The van der Waals surface area contributed by atoms with Crippen molar-refractivity contribution in [2.75, 3.05) is 50.5 Å². The number of methoxy groups -OCH3 is 1. The van der Waals surface area contributed by atoms with Crippen molar-refractivity contribution in [3.63, 3.8) is 0 Å². The van der Waals surface area contributed by atoms with Gasteiger partial charge in [0.1, 0.15) is 34.4 Å². The number of hydrogen-bond acceptors (Lipinski definition) is 9. The Kier molecular flexibility index (Phi) is 10.8. The number of nitrogens with zero attached hydrogens (tertiary/aromatic N) is 5. The first-order valence-corrected chi connectivity index (χ1v) is 16.9. The lowest BCUT2D eigenvalue weighted by atomic mass is 9.97. The van der Waals surface area contributed by atoms with E-state index in [2.05, 4.69) is 20.2 Å². The molecule has 5 heterocycles. The van der Waals surface area contributed by atoms with Gasteiger partial charge < -0.3 is 20.7 Å². The quantitative estimate of drug-likeness (QED) is 0.220. The molecule has 2 aromatic carbocycles. The molecule has 0 spiro atoms. The van der Waals surface area contributed by atoms with E-state index in [-0.39, 0.29) is 48.3 Å². The number of fused-ring (bicyclic) bond motifs is 3. The van der Waals surface area contributed by atoms with Gasteiger partial charge in [-0.25, -0.2) is 13.2 Å². The Labute approximate surface area is 276 Å². The number of nitrogens with two attached hydrogens (primary N) is 1. The lowest BCUT2D eigenvalue weighted by Gasteiger charge is -2.34. The monoisotopic (exact) mass is 673 g/mol. The number of ether oxygens (including phenoxy) is 1. The second-order valence-electron chi connectivity index (χ2n) is 11.3. The molecule has 8 nitrogen and oxygen atoms in total. The van der Waals surface area contributed by atoms with Crippen molar-refractivity contribution in [3.8, 4) is 23.2 Å². The summed E-state index contributed by atoms with van der Waals surface area (Å²) in [6.45, 7) is 10.1. The zero-order chi connectivity index (χ0) is 33.1. The largest absolute Gasteiger partial charge is 0.467 e. The first kappa shape index (κ1) is 34.0. The van der Waals surface area contributed by atoms with Gasteiger partial charge in [0.05, 0.1) is 22.4 Å². The number of alkyl halides is 1. The molecule has 46 heavy (non-hydrogen) atoms. The van der Waals surface area contributed by atoms with Gasteiger partial charge in [0.15, 0.2) is 5.82 Å². The number of likely N-dealkylation sites (N-methyl/N-ethyl adjacent to an activating group) is 1. The van der Waals surface area contributed by atoms with E-state index in [9.17, 15) is 14.0 Å². The van der Waals surface area contributed by atoms with E-state index in [1.807, 2.05) is 31.7 Å². The van der Waals surface area contributed by atoms with Crippen LogP contribution >= 0.6 is 22.9 Å². The van der Waals surface area contributed by atoms with Crippen LogP contribution in [0.5, 0.6) is 6.01 Å². The summed E-state index contributed by atoms with van der Waals surface area (Å²) < 4.78 is 48.8. The Morgan fingerprint density at radius 2 is 2.02 bits per heavy atom. The Bertz CT molecular complexity index is 1750. The normalized spacial score (nSPS) is 20.3. The Morgan fingerprint density at radius 3 is 2.65 bits per heavy atom. The van der Waals surface area contributed by atoms with Gasteiger partial charge in [0.25, 0.3) is 0 Å². The highest BCUT2D eigenvalue weighted by Crippen LogP contribution is 2.45. The molecule has 2 aromatic heterocycles. The van der Waals surface area contributed by atoms with E-state index in [1.54, 1.807) is 6.07 Å². The van der Waals surface area contributed by atoms with Crippen LogP contribution < -0.4 is 20.7 Å². The molecule has 3 aliphatic rings. The number of rotatable bonds is 6. The molecule has 3 N–H and O–H groups in total. The fraction of sp³-hybridized carbons (Fsp3) is 0.485. The SMILES string of the molecule is CC.CCN(CC1CCN1)c1nc(OC)nc2c(F)c(-c3ccc(F)c4sc(N)c(C#N)c34)c(Cl)cc12.FC1CC2CCCN2C1. The van der Waals surface area contributed by atoms with Crippen LogP contribution in [0, 0.1) is 23.0 Å². The van der Waals surface area contributed by atoms with Gasteiger partial charge in [-0.15, -0.1) is 11.3 Å². The molecule has 0 aliphatic carbocycles. The minimum atomic E-state index is -0.714. The summed E-state index contributed by atoms with van der Waals surface area (Å²) in [5.74, 6) is -0.750. The van der Waals surface area contributed by atoms with Crippen molar-refractivity contribution >= 4 is 54.7 Å².